The lowest BCUT2D eigenvalue weighted by Crippen LogP contribution is -2.40. The second-order valence-electron chi connectivity index (χ2n) is 6.42. The highest BCUT2D eigenvalue weighted by Crippen LogP contribution is 2.17. The van der Waals surface area contributed by atoms with E-state index < -0.39 is 0 Å². The highest BCUT2D eigenvalue weighted by Gasteiger charge is 2.20. The molecule has 4 nitrogen and oxygen atoms in total. The van der Waals surface area contributed by atoms with Crippen molar-refractivity contribution in [1.82, 2.24) is 5.32 Å². The van der Waals surface area contributed by atoms with Crippen LogP contribution in [0.5, 0.6) is 0 Å². The van der Waals surface area contributed by atoms with Crippen molar-refractivity contribution in [1.29, 1.82) is 0 Å². The van der Waals surface area contributed by atoms with Gasteiger partial charge in [0.1, 0.15) is 0 Å². The Balaban J connectivity index is 1.80. The molecule has 1 aliphatic carbocycles. The summed E-state index contributed by atoms with van der Waals surface area (Å²) in [4.78, 5) is 24.2. The molecule has 2 rings (SSSR count). The van der Waals surface area contributed by atoms with Gasteiger partial charge in [0.2, 0.25) is 5.91 Å². The fourth-order valence-electron chi connectivity index (χ4n) is 2.96. The number of hydrogen-bond acceptors (Lipinski definition) is 3. The fraction of sp³-hybridized carbons (Fsp3) is 0.556. The van der Waals surface area contributed by atoms with Gasteiger partial charge in [0.15, 0.2) is 5.78 Å². The Morgan fingerprint density at radius 1 is 1.14 bits per heavy atom. The Kier molecular flexibility index (Phi) is 5.72. The van der Waals surface area contributed by atoms with E-state index in [9.17, 15) is 9.59 Å². The van der Waals surface area contributed by atoms with Crippen molar-refractivity contribution < 1.29 is 9.59 Å². The minimum atomic E-state index is -0.0286. The van der Waals surface area contributed by atoms with Crippen LogP contribution in [0.25, 0.3) is 0 Å². The van der Waals surface area contributed by atoms with Crippen LogP contribution >= 0.6 is 0 Å². The maximum absolute atomic E-state index is 12.3. The third kappa shape index (κ3) is 4.67. The van der Waals surface area contributed by atoms with Gasteiger partial charge in [-0.1, -0.05) is 17.7 Å². The molecule has 0 aliphatic heterocycles. The minimum Gasteiger partial charge on any atom is -0.353 e. The molecule has 0 spiro atoms. The third-order valence-electron chi connectivity index (χ3n) is 4.41. The molecule has 0 heterocycles. The number of amides is 1. The quantitative estimate of drug-likeness (QED) is 0.821. The summed E-state index contributed by atoms with van der Waals surface area (Å²) in [6.07, 6.45) is 4.34. The molecule has 1 saturated carbocycles. The lowest BCUT2D eigenvalue weighted by Gasteiger charge is -2.26. The standard InChI is InChI=1S/C18H26N2O2/c1-12-3-4-13(2)16(11-12)17(21)9-10-18(22)20-15-7-5-14(19)6-8-15/h3-4,11,14-15H,5-10,19H2,1-2H3,(H,20,22). The zero-order valence-electron chi connectivity index (χ0n) is 13.5. The van der Waals surface area contributed by atoms with E-state index in [0.717, 1.165) is 42.4 Å². The van der Waals surface area contributed by atoms with Gasteiger partial charge in [-0.25, -0.2) is 0 Å². The molecule has 4 heteroatoms. The molecule has 3 N–H and O–H groups in total. The van der Waals surface area contributed by atoms with E-state index in [-0.39, 0.29) is 36.6 Å². The Morgan fingerprint density at radius 3 is 2.50 bits per heavy atom. The van der Waals surface area contributed by atoms with Gasteiger partial charge in [0.05, 0.1) is 0 Å². The minimum absolute atomic E-state index is 0.0286. The van der Waals surface area contributed by atoms with Crippen LogP contribution in [-0.2, 0) is 4.79 Å². The van der Waals surface area contributed by atoms with Crippen LogP contribution in [0, 0.1) is 13.8 Å². The number of rotatable bonds is 5. The van der Waals surface area contributed by atoms with E-state index in [1.165, 1.54) is 0 Å². The number of Topliss-reactive ketones (excluding diaryl/α,β-unsaturated/α-hetero) is 1. The van der Waals surface area contributed by atoms with Crippen LogP contribution in [0.3, 0.4) is 0 Å². The van der Waals surface area contributed by atoms with Gasteiger partial charge < -0.3 is 11.1 Å². The summed E-state index contributed by atoms with van der Waals surface area (Å²) in [5.41, 5.74) is 8.63. The first-order valence-corrected chi connectivity index (χ1v) is 8.11. The molecule has 1 aliphatic rings. The van der Waals surface area contributed by atoms with E-state index >= 15 is 0 Å². The predicted molar refractivity (Wildman–Crippen MR) is 87.9 cm³/mol. The summed E-state index contributed by atoms with van der Waals surface area (Å²) in [5.74, 6) is 0.0149. The van der Waals surface area contributed by atoms with Gasteiger partial charge >= 0.3 is 0 Å². The van der Waals surface area contributed by atoms with Crippen molar-refractivity contribution in [2.24, 2.45) is 5.73 Å². The van der Waals surface area contributed by atoms with Crippen LogP contribution < -0.4 is 11.1 Å². The molecule has 0 saturated heterocycles. The van der Waals surface area contributed by atoms with E-state index in [2.05, 4.69) is 5.32 Å². The van der Waals surface area contributed by atoms with Crippen molar-refractivity contribution in [3.63, 3.8) is 0 Å². The maximum Gasteiger partial charge on any atom is 0.220 e. The monoisotopic (exact) mass is 302 g/mol. The number of nitrogens with one attached hydrogen (secondary N) is 1. The number of benzene rings is 1. The zero-order valence-corrected chi connectivity index (χ0v) is 13.5. The van der Waals surface area contributed by atoms with Gasteiger partial charge in [0, 0.05) is 30.5 Å². The Morgan fingerprint density at radius 2 is 1.82 bits per heavy atom. The topological polar surface area (TPSA) is 72.2 Å². The van der Waals surface area contributed by atoms with Crippen molar-refractivity contribution in [2.45, 2.75) is 64.5 Å². The number of carbonyl (C=O) groups is 2. The van der Waals surface area contributed by atoms with Gasteiger partial charge in [-0.2, -0.15) is 0 Å². The van der Waals surface area contributed by atoms with Crippen molar-refractivity contribution in [2.75, 3.05) is 0 Å². The Hall–Kier alpha value is -1.68. The molecule has 1 amide bonds. The zero-order chi connectivity index (χ0) is 16.1. The average molecular weight is 302 g/mol. The Bertz CT molecular complexity index is 546. The largest absolute Gasteiger partial charge is 0.353 e. The summed E-state index contributed by atoms with van der Waals surface area (Å²) in [7, 11) is 0. The first-order valence-electron chi connectivity index (χ1n) is 8.11. The molecule has 1 aromatic rings. The highest BCUT2D eigenvalue weighted by atomic mass is 16.2. The summed E-state index contributed by atoms with van der Waals surface area (Å²) in [6, 6.07) is 6.35. The molecule has 0 radical (unpaired) electrons. The summed E-state index contributed by atoms with van der Waals surface area (Å²) in [5, 5.41) is 3.03. The fourth-order valence-corrected chi connectivity index (χ4v) is 2.96. The smallest absolute Gasteiger partial charge is 0.220 e. The lowest BCUT2D eigenvalue weighted by atomic mass is 9.91. The molecule has 0 unspecified atom stereocenters. The SMILES string of the molecule is Cc1ccc(C)c(C(=O)CCC(=O)NC2CCC(N)CC2)c1. The van der Waals surface area contributed by atoms with Crippen LogP contribution in [0.1, 0.15) is 60.0 Å². The lowest BCUT2D eigenvalue weighted by molar-refractivity contribution is -0.122. The van der Waals surface area contributed by atoms with Crippen LogP contribution in [0.15, 0.2) is 18.2 Å². The molecule has 22 heavy (non-hydrogen) atoms. The summed E-state index contributed by atoms with van der Waals surface area (Å²) < 4.78 is 0. The molecule has 0 aromatic heterocycles. The van der Waals surface area contributed by atoms with Crippen molar-refractivity contribution in [3.05, 3.63) is 34.9 Å². The van der Waals surface area contributed by atoms with Crippen molar-refractivity contribution in [3.8, 4) is 0 Å². The van der Waals surface area contributed by atoms with Crippen LogP contribution in [-0.4, -0.2) is 23.8 Å². The molecular weight excluding hydrogens is 276 g/mol. The maximum atomic E-state index is 12.3. The number of ketones is 1. The third-order valence-corrected chi connectivity index (χ3v) is 4.41. The average Bonchev–Trinajstić information content (AvgIpc) is 2.49. The van der Waals surface area contributed by atoms with E-state index in [0.29, 0.717) is 0 Å². The van der Waals surface area contributed by atoms with Gasteiger partial charge in [-0.3, -0.25) is 9.59 Å². The molecule has 0 bridgehead atoms. The van der Waals surface area contributed by atoms with Crippen LogP contribution in [0.4, 0.5) is 0 Å². The van der Waals surface area contributed by atoms with E-state index in [1.807, 2.05) is 32.0 Å². The second kappa shape index (κ2) is 7.54. The van der Waals surface area contributed by atoms with Gasteiger partial charge in [-0.15, -0.1) is 0 Å². The van der Waals surface area contributed by atoms with Gasteiger partial charge in [0.25, 0.3) is 0 Å². The number of aryl methyl sites for hydroxylation is 2. The normalized spacial score (nSPS) is 21.4. The Labute approximate surface area is 132 Å². The summed E-state index contributed by atoms with van der Waals surface area (Å²) >= 11 is 0. The van der Waals surface area contributed by atoms with Crippen LogP contribution in [0.2, 0.25) is 0 Å². The van der Waals surface area contributed by atoms with E-state index in [4.69, 9.17) is 5.73 Å². The first kappa shape index (κ1) is 16.7. The molecule has 1 aromatic carbocycles. The van der Waals surface area contributed by atoms with Crippen molar-refractivity contribution >= 4 is 11.7 Å². The molecule has 1 fully saturated rings. The second-order valence-corrected chi connectivity index (χ2v) is 6.42. The number of carbonyl (C=O) groups excluding carboxylic acids is 2. The molecule has 0 atom stereocenters. The van der Waals surface area contributed by atoms with Gasteiger partial charge in [-0.05, 0) is 51.2 Å². The predicted octanol–water partition coefficient (Wildman–Crippen LogP) is 2.65. The number of hydrogen-bond donors (Lipinski definition) is 2. The summed E-state index contributed by atoms with van der Waals surface area (Å²) in [6.45, 7) is 3.90. The molecule has 120 valence electrons. The first-order chi connectivity index (χ1) is 10.5. The highest BCUT2D eigenvalue weighted by molar-refractivity contribution is 5.99. The number of nitrogens with two attached hydrogens (primary N) is 1. The van der Waals surface area contributed by atoms with E-state index in [1.54, 1.807) is 0 Å². The molecular formula is C18H26N2O2.